The molecule has 1 amide bonds. The zero-order valence-corrected chi connectivity index (χ0v) is 55.0. The zero-order chi connectivity index (χ0) is 60.5. The minimum Gasteiger partial charge on any atom is -0.387 e. The van der Waals surface area contributed by atoms with Gasteiger partial charge in [-0.3, -0.25) is 13.8 Å². The number of likely N-dealkylation sites (N-methyl/N-ethyl adjacent to an activating group) is 1. The number of nitrogens with one attached hydrogen (secondary N) is 1. The number of phosphoric ester groups is 1. The number of allylic oxidation sites excluding steroid dienone is 23. The van der Waals surface area contributed by atoms with E-state index in [-0.39, 0.29) is 19.1 Å². The Morgan fingerprint density at radius 3 is 1.11 bits per heavy atom. The number of carbonyl (C=O) groups excluding carboxylic acids is 1. The standard InChI is InChI=1S/C74H127N2O6P/c1-6-8-10-12-14-16-18-20-22-24-26-28-30-31-32-33-34-35-36-37-38-39-40-41-42-43-44-45-46-48-50-52-54-56-58-60-62-64-66-68-74(78)75-72(71-82-83(79,80)81-70-69-76(3,4)5)73(77)67-65-63-61-59-57-55-53-51-49-47-29-27-25-23-21-19-17-15-13-11-9-7-2/h8,10,14,16,20,22,26,28,31-32,34-35,37-38,40-41,43-44,46,48,57,59,65,67,72-73,77H,6-7,9,11-13,15,17-19,21,23-25,27,29-30,33,36,39,42,45,47,49-56,58,60-64,66,68-71H2,1-5H3,(H-,75,78,79,80)/p+1/b10-8-,16-14-,22-20-,28-26-,32-31-,35-34-,38-37-,41-40-,44-43-,48-46-,59-57+,67-65+. The number of carbonyl (C=O) groups is 1. The monoisotopic (exact) mass is 1170 g/mol. The van der Waals surface area contributed by atoms with Gasteiger partial charge < -0.3 is 19.8 Å². The highest BCUT2D eigenvalue weighted by Crippen LogP contribution is 2.43. The molecule has 3 unspecified atom stereocenters. The molecule has 474 valence electrons. The lowest BCUT2D eigenvalue weighted by molar-refractivity contribution is -0.870. The molecule has 0 aromatic carbocycles. The van der Waals surface area contributed by atoms with Crippen molar-refractivity contribution in [1.82, 2.24) is 5.32 Å². The van der Waals surface area contributed by atoms with E-state index in [0.29, 0.717) is 17.4 Å². The second kappa shape index (κ2) is 62.9. The van der Waals surface area contributed by atoms with Crippen molar-refractivity contribution in [2.75, 3.05) is 40.9 Å². The molecule has 0 spiro atoms. The van der Waals surface area contributed by atoms with Gasteiger partial charge in [0.05, 0.1) is 39.9 Å². The van der Waals surface area contributed by atoms with E-state index in [2.05, 4.69) is 153 Å². The van der Waals surface area contributed by atoms with Crippen LogP contribution in [0.1, 0.15) is 264 Å². The van der Waals surface area contributed by atoms with Crippen LogP contribution < -0.4 is 5.32 Å². The van der Waals surface area contributed by atoms with Crippen LogP contribution in [0.2, 0.25) is 0 Å². The number of phosphoric acid groups is 1. The second-order valence-corrected chi connectivity index (χ2v) is 24.9. The van der Waals surface area contributed by atoms with Gasteiger partial charge in [0, 0.05) is 6.42 Å². The largest absolute Gasteiger partial charge is 0.472 e. The Kier molecular flexibility index (Phi) is 60.2. The van der Waals surface area contributed by atoms with Crippen LogP contribution in [-0.2, 0) is 18.4 Å². The molecule has 0 aliphatic carbocycles. The molecule has 0 saturated heterocycles. The van der Waals surface area contributed by atoms with Gasteiger partial charge in [0.15, 0.2) is 0 Å². The Morgan fingerprint density at radius 1 is 0.422 bits per heavy atom. The van der Waals surface area contributed by atoms with Gasteiger partial charge in [0.1, 0.15) is 13.2 Å². The van der Waals surface area contributed by atoms with Crippen molar-refractivity contribution in [1.29, 1.82) is 0 Å². The van der Waals surface area contributed by atoms with Crippen LogP contribution in [0.3, 0.4) is 0 Å². The van der Waals surface area contributed by atoms with E-state index in [1.807, 2.05) is 27.2 Å². The topological polar surface area (TPSA) is 105 Å². The molecule has 3 atom stereocenters. The average Bonchev–Trinajstić information content (AvgIpc) is 3.50. The van der Waals surface area contributed by atoms with Crippen molar-refractivity contribution in [3.63, 3.8) is 0 Å². The van der Waals surface area contributed by atoms with Crippen molar-refractivity contribution in [3.05, 3.63) is 146 Å². The maximum Gasteiger partial charge on any atom is 0.472 e. The first-order valence-corrected chi connectivity index (χ1v) is 35.2. The predicted octanol–water partition coefficient (Wildman–Crippen LogP) is 21.6. The molecule has 83 heavy (non-hydrogen) atoms. The Morgan fingerprint density at radius 2 is 0.735 bits per heavy atom. The predicted molar refractivity (Wildman–Crippen MR) is 364 cm³/mol. The van der Waals surface area contributed by atoms with Gasteiger partial charge >= 0.3 is 7.82 Å². The Balaban J connectivity index is 4.20. The first-order chi connectivity index (χ1) is 40.5. The summed E-state index contributed by atoms with van der Waals surface area (Å²) in [6.07, 6.45) is 96.9. The van der Waals surface area contributed by atoms with E-state index in [1.54, 1.807) is 6.08 Å². The van der Waals surface area contributed by atoms with Crippen molar-refractivity contribution in [3.8, 4) is 0 Å². The summed E-state index contributed by atoms with van der Waals surface area (Å²) in [5.74, 6) is -0.200. The summed E-state index contributed by atoms with van der Waals surface area (Å²) in [5, 5.41) is 14.0. The molecule has 0 radical (unpaired) electrons. The molecule has 0 aliphatic heterocycles. The third kappa shape index (κ3) is 65.8. The van der Waals surface area contributed by atoms with Crippen molar-refractivity contribution in [2.45, 2.75) is 276 Å². The van der Waals surface area contributed by atoms with Crippen molar-refractivity contribution < 1.29 is 32.9 Å². The normalized spacial score (nSPS) is 14.6. The number of hydrogen-bond donors (Lipinski definition) is 3. The maximum absolute atomic E-state index is 13.0. The molecule has 0 saturated carbocycles. The third-order valence-corrected chi connectivity index (χ3v) is 15.3. The molecular formula is C74H128N2O6P+. The third-order valence-electron chi connectivity index (χ3n) is 14.3. The summed E-state index contributed by atoms with van der Waals surface area (Å²) < 4.78 is 23.8. The highest BCUT2D eigenvalue weighted by atomic mass is 31.2. The van der Waals surface area contributed by atoms with Crippen molar-refractivity contribution >= 4 is 13.7 Å². The number of rotatable bonds is 60. The minimum atomic E-state index is -4.37. The van der Waals surface area contributed by atoms with E-state index in [9.17, 15) is 19.4 Å². The molecule has 8 nitrogen and oxygen atoms in total. The first kappa shape index (κ1) is 79.4. The summed E-state index contributed by atoms with van der Waals surface area (Å²) in [7, 11) is 1.53. The van der Waals surface area contributed by atoms with Crippen LogP contribution in [0.15, 0.2) is 146 Å². The van der Waals surface area contributed by atoms with Gasteiger partial charge in [-0.15, -0.1) is 0 Å². The van der Waals surface area contributed by atoms with Crippen LogP contribution in [0, 0.1) is 0 Å². The van der Waals surface area contributed by atoms with Gasteiger partial charge in [0.2, 0.25) is 5.91 Å². The molecule has 0 bridgehead atoms. The van der Waals surface area contributed by atoms with Crippen LogP contribution in [-0.4, -0.2) is 73.4 Å². The summed E-state index contributed by atoms with van der Waals surface area (Å²) in [6, 6.07) is -0.880. The summed E-state index contributed by atoms with van der Waals surface area (Å²) in [5.41, 5.74) is 0. The van der Waals surface area contributed by atoms with Crippen LogP contribution in [0.25, 0.3) is 0 Å². The van der Waals surface area contributed by atoms with Crippen molar-refractivity contribution in [2.24, 2.45) is 0 Å². The Hall–Kier alpha value is -3.62. The number of amides is 1. The maximum atomic E-state index is 13.0. The number of hydrogen-bond acceptors (Lipinski definition) is 5. The fraction of sp³-hybridized carbons (Fsp3) is 0.662. The summed E-state index contributed by atoms with van der Waals surface area (Å²) in [4.78, 5) is 23.4. The Bertz CT molecular complexity index is 1860. The first-order valence-electron chi connectivity index (χ1n) is 33.7. The van der Waals surface area contributed by atoms with Gasteiger partial charge in [-0.05, 0) is 109 Å². The molecule has 3 N–H and O–H groups in total. The summed E-state index contributed by atoms with van der Waals surface area (Å²) in [6.45, 7) is 4.68. The minimum absolute atomic E-state index is 0.0475. The molecule has 0 rings (SSSR count). The molecule has 9 heteroatoms. The fourth-order valence-electron chi connectivity index (χ4n) is 9.09. The zero-order valence-electron chi connectivity index (χ0n) is 54.1. The van der Waals surface area contributed by atoms with Crippen LogP contribution >= 0.6 is 7.82 Å². The summed E-state index contributed by atoms with van der Waals surface area (Å²) >= 11 is 0. The molecule has 0 aliphatic rings. The number of quaternary nitrogens is 1. The van der Waals surface area contributed by atoms with Gasteiger partial charge in [0.25, 0.3) is 0 Å². The molecule has 0 fully saturated rings. The number of aliphatic hydroxyl groups excluding tert-OH is 1. The number of unbranched alkanes of at least 4 members (excludes halogenated alkanes) is 25. The van der Waals surface area contributed by atoms with Gasteiger partial charge in [-0.25, -0.2) is 4.57 Å². The molecule has 0 heterocycles. The highest BCUT2D eigenvalue weighted by Gasteiger charge is 2.27. The van der Waals surface area contributed by atoms with Gasteiger partial charge in [-0.1, -0.05) is 295 Å². The quantitative estimate of drug-likeness (QED) is 0.0243. The fourth-order valence-corrected chi connectivity index (χ4v) is 9.82. The highest BCUT2D eigenvalue weighted by molar-refractivity contribution is 7.47. The van der Waals surface area contributed by atoms with Crippen LogP contribution in [0.4, 0.5) is 0 Å². The van der Waals surface area contributed by atoms with Gasteiger partial charge in [-0.2, -0.15) is 0 Å². The molecular weight excluding hydrogens is 1040 g/mol. The SMILES string of the molecule is CC/C=C\C/C=C\C/C=C\C/C=C\C/C=C\C/C=C\C/C=C\C/C=C\C/C=C\C/C=C\CCCCCCCCCCC(=O)NC(COP(=O)(O)OCC[N+](C)(C)C)C(O)/C=C/CC/C=C/CCCCCCCCCCCCCCCCCC. The van der Waals surface area contributed by atoms with E-state index < -0.39 is 20.0 Å². The van der Waals surface area contributed by atoms with Crippen LogP contribution in [0.5, 0.6) is 0 Å². The lowest BCUT2D eigenvalue weighted by Crippen LogP contribution is -2.45. The van der Waals surface area contributed by atoms with E-state index in [1.165, 1.54) is 128 Å². The molecule has 0 aromatic heterocycles. The number of nitrogens with zero attached hydrogens (tertiary/aromatic N) is 1. The molecule has 0 aromatic rings. The lowest BCUT2D eigenvalue weighted by atomic mass is 10.0. The van der Waals surface area contributed by atoms with E-state index in [4.69, 9.17) is 9.05 Å². The Labute approximate surface area is 512 Å². The smallest absolute Gasteiger partial charge is 0.387 e. The second-order valence-electron chi connectivity index (χ2n) is 23.5. The average molecular weight is 1170 g/mol. The van der Waals surface area contributed by atoms with E-state index >= 15 is 0 Å². The van der Waals surface area contributed by atoms with E-state index in [0.717, 1.165) is 116 Å². The number of aliphatic hydroxyl groups is 1. The lowest BCUT2D eigenvalue weighted by Gasteiger charge is -2.25.